The van der Waals surface area contributed by atoms with E-state index in [1.165, 1.54) is 0 Å². The molecule has 0 spiro atoms. The maximum absolute atomic E-state index is 10.4. The Morgan fingerprint density at radius 2 is 2.00 bits per heavy atom. The fraction of sp³-hybridized carbons (Fsp3) is 0.833. The van der Waals surface area contributed by atoms with Gasteiger partial charge in [0, 0.05) is 13.1 Å². The SMILES string of the molecule is Cl.O=C(Cl)CN1CCOCC1. The predicted octanol–water partition coefficient (Wildman–Crippen LogP) is 0.506. The number of nitrogens with zero attached hydrogens (tertiary/aromatic N) is 1. The van der Waals surface area contributed by atoms with Crippen molar-refractivity contribution in [3.8, 4) is 0 Å². The van der Waals surface area contributed by atoms with Crippen LogP contribution < -0.4 is 0 Å². The Balaban J connectivity index is 0.000001000. The van der Waals surface area contributed by atoms with Crippen LogP contribution >= 0.6 is 24.0 Å². The van der Waals surface area contributed by atoms with Crippen molar-refractivity contribution in [1.82, 2.24) is 4.90 Å². The molecule has 0 atom stereocenters. The molecule has 0 amide bonds. The van der Waals surface area contributed by atoms with E-state index in [4.69, 9.17) is 16.3 Å². The number of ether oxygens (including phenoxy) is 1. The van der Waals surface area contributed by atoms with Gasteiger partial charge in [-0.05, 0) is 11.6 Å². The van der Waals surface area contributed by atoms with Gasteiger partial charge in [0.05, 0.1) is 19.8 Å². The lowest BCUT2D eigenvalue weighted by molar-refractivity contribution is -0.113. The van der Waals surface area contributed by atoms with Crippen molar-refractivity contribution in [2.75, 3.05) is 32.8 Å². The summed E-state index contributed by atoms with van der Waals surface area (Å²) in [6.45, 7) is 3.41. The molecular formula is C6H11Cl2NO2. The van der Waals surface area contributed by atoms with Crippen LogP contribution in [0, 0.1) is 0 Å². The summed E-state index contributed by atoms with van der Waals surface area (Å²) < 4.78 is 5.09. The Bertz CT molecular complexity index is 126. The molecule has 0 aromatic rings. The van der Waals surface area contributed by atoms with Crippen LogP contribution in [0.5, 0.6) is 0 Å². The number of carbonyl (C=O) groups is 1. The van der Waals surface area contributed by atoms with E-state index in [0.717, 1.165) is 13.1 Å². The van der Waals surface area contributed by atoms with E-state index < -0.39 is 0 Å². The van der Waals surface area contributed by atoms with Gasteiger partial charge in [0.2, 0.25) is 5.24 Å². The van der Waals surface area contributed by atoms with Gasteiger partial charge in [-0.15, -0.1) is 12.4 Å². The Labute approximate surface area is 77.0 Å². The van der Waals surface area contributed by atoms with E-state index in [1.54, 1.807) is 0 Å². The first-order valence-corrected chi connectivity index (χ1v) is 3.65. The molecule has 1 aliphatic rings. The maximum Gasteiger partial charge on any atom is 0.235 e. The highest BCUT2D eigenvalue weighted by atomic mass is 35.5. The first-order chi connectivity index (χ1) is 4.79. The Morgan fingerprint density at radius 3 is 2.45 bits per heavy atom. The lowest BCUT2D eigenvalue weighted by atomic mass is 10.4. The van der Waals surface area contributed by atoms with Crippen LogP contribution in [0.15, 0.2) is 0 Å². The number of carbonyl (C=O) groups excluding carboxylic acids is 1. The number of hydrogen-bond acceptors (Lipinski definition) is 3. The third kappa shape index (κ3) is 4.58. The fourth-order valence-electron chi connectivity index (χ4n) is 0.935. The number of morpholine rings is 1. The van der Waals surface area contributed by atoms with Crippen LogP contribution in [-0.4, -0.2) is 43.0 Å². The van der Waals surface area contributed by atoms with Crippen molar-refractivity contribution in [1.29, 1.82) is 0 Å². The highest BCUT2D eigenvalue weighted by Gasteiger charge is 2.11. The summed E-state index contributed by atoms with van der Waals surface area (Å²) in [7, 11) is 0. The number of halogens is 2. The Morgan fingerprint density at radius 1 is 1.45 bits per heavy atom. The predicted molar refractivity (Wildman–Crippen MR) is 45.4 cm³/mol. The third-order valence-electron chi connectivity index (χ3n) is 1.45. The second kappa shape index (κ2) is 5.77. The molecule has 1 aliphatic heterocycles. The van der Waals surface area contributed by atoms with Gasteiger partial charge in [-0.2, -0.15) is 0 Å². The molecule has 0 aromatic carbocycles. The van der Waals surface area contributed by atoms with E-state index in [9.17, 15) is 4.79 Å². The highest BCUT2D eigenvalue weighted by molar-refractivity contribution is 6.64. The van der Waals surface area contributed by atoms with Crippen LogP contribution in [0.2, 0.25) is 0 Å². The molecule has 1 fully saturated rings. The molecule has 1 rings (SSSR count). The first-order valence-electron chi connectivity index (χ1n) is 3.27. The van der Waals surface area contributed by atoms with Gasteiger partial charge in [0.15, 0.2) is 0 Å². The molecule has 0 saturated carbocycles. The van der Waals surface area contributed by atoms with E-state index in [-0.39, 0.29) is 17.6 Å². The van der Waals surface area contributed by atoms with Crippen LogP contribution in [-0.2, 0) is 9.53 Å². The molecule has 0 bridgehead atoms. The lowest BCUT2D eigenvalue weighted by Gasteiger charge is -2.24. The van der Waals surface area contributed by atoms with Gasteiger partial charge in [0.25, 0.3) is 0 Å². The van der Waals surface area contributed by atoms with Gasteiger partial charge >= 0.3 is 0 Å². The zero-order valence-electron chi connectivity index (χ0n) is 6.09. The minimum Gasteiger partial charge on any atom is -0.379 e. The minimum absolute atomic E-state index is 0. The molecule has 0 aromatic heterocycles. The van der Waals surface area contributed by atoms with Crippen molar-refractivity contribution in [3.05, 3.63) is 0 Å². The summed E-state index contributed by atoms with van der Waals surface area (Å²) in [5.41, 5.74) is 0. The molecule has 11 heavy (non-hydrogen) atoms. The first kappa shape index (κ1) is 11.2. The monoisotopic (exact) mass is 199 g/mol. The van der Waals surface area contributed by atoms with Crippen molar-refractivity contribution in [2.24, 2.45) is 0 Å². The van der Waals surface area contributed by atoms with Crippen LogP contribution in [0.1, 0.15) is 0 Å². The largest absolute Gasteiger partial charge is 0.379 e. The Kier molecular flexibility index (Phi) is 5.86. The second-order valence-electron chi connectivity index (χ2n) is 2.24. The highest BCUT2D eigenvalue weighted by Crippen LogP contribution is 1.96. The summed E-state index contributed by atoms with van der Waals surface area (Å²) in [6, 6.07) is 0. The number of hydrogen-bond donors (Lipinski definition) is 0. The molecule has 0 N–H and O–H groups in total. The number of rotatable bonds is 2. The maximum atomic E-state index is 10.4. The molecule has 1 saturated heterocycles. The third-order valence-corrected chi connectivity index (χ3v) is 1.57. The van der Waals surface area contributed by atoms with Gasteiger partial charge < -0.3 is 4.74 Å². The molecule has 0 aliphatic carbocycles. The fourth-order valence-corrected chi connectivity index (χ4v) is 1.10. The topological polar surface area (TPSA) is 29.5 Å². The average molecular weight is 200 g/mol. The molecule has 0 radical (unpaired) electrons. The van der Waals surface area contributed by atoms with Crippen LogP contribution in [0.4, 0.5) is 0 Å². The van der Waals surface area contributed by atoms with Crippen molar-refractivity contribution < 1.29 is 9.53 Å². The average Bonchev–Trinajstić information content (AvgIpc) is 1.88. The van der Waals surface area contributed by atoms with Crippen LogP contribution in [0.3, 0.4) is 0 Å². The smallest absolute Gasteiger partial charge is 0.235 e. The zero-order chi connectivity index (χ0) is 7.40. The quantitative estimate of drug-likeness (QED) is 0.608. The molecule has 3 nitrogen and oxygen atoms in total. The van der Waals surface area contributed by atoms with Gasteiger partial charge in [-0.25, -0.2) is 0 Å². The van der Waals surface area contributed by atoms with E-state index in [1.807, 2.05) is 4.90 Å². The van der Waals surface area contributed by atoms with Crippen molar-refractivity contribution in [3.63, 3.8) is 0 Å². The Hall–Kier alpha value is 0.170. The van der Waals surface area contributed by atoms with Crippen molar-refractivity contribution in [2.45, 2.75) is 0 Å². The van der Waals surface area contributed by atoms with E-state index >= 15 is 0 Å². The van der Waals surface area contributed by atoms with Gasteiger partial charge in [-0.3, -0.25) is 9.69 Å². The van der Waals surface area contributed by atoms with Crippen molar-refractivity contribution >= 4 is 29.3 Å². The van der Waals surface area contributed by atoms with Gasteiger partial charge in [-0.1, -0.05) is 0 Å². The van der Waals surface area contributed by atoms with Gasteiger partial charge in [0.1, 0.15) is 0 Å². The normalized spacial score (nSPS) is 19.0. The second-order valence-corrected chi connectivity index (χ2v) is 2.67. The summed E-state index contributed by atoms with van der Waals surface area (Å²) in [4.78, 5) is 12.4. The summed E-state index contributed by atoms with van der Waals surface area (Å²) in [5.74, 6) is 0. The van der Waals surface area contributed by atoms with E-state index in [2.05, 4.69) is 0 Å². The zero-order valence-corrected chi connectivity index (χ0v) is 7.66. The molecule has 1 heterocycles. The summed E-state index contributed by atoms with van der Waals surface area (Å²) in [5, 5.41) is -0.290. The lowest BCUT2D eigenvalue weighted by Crippen LogP contribution is -2.38. The molecule has 5 heteroatoms. The minimum atomic E-state index is -0.290. The van der Waals surface area contributed by atoms with Crippen LogP contribution in [0.25, 0.3) is 0 Å². The molecule has 66 valence electrons. The molecular weight excluding hydrogens is 189 g/mol. The molecule has 0 unspecified atom stereocenters. The standard InChI is InChI=1S/C6H10ClNO2.ClH/c7-6(9)5-8-1-3-10-4-2-8;/h1-5H2;1H. The van der Waals surface area contributed by atoms with E-state index in [0.29, 0.717) is 19.8 Å². The summed E-state index contributed by atoms with van der Waals surface area (Å²) >= 11 is 5.19. The summed E-state index contributed by atoms with van der Waals surface area (Å²) in [6.07, 6.45) is 0.